The van der Waals surface area contributed by atoms with Gasteiger partial charge in [0.1, 0.15) is 0 Å². The zero-order chi connectivity index (χ0) is 27.1. The molecule has 38 heavy (non-hydrogen) atoms. The zero-order valence-corrected chi connectivity index (χ0v) is 29.6. The summed E-state index contributed by atoms with van der Waals surface area (Å²) in [5, 5.41) is 0. The Bertz CT molecular complexity index is 333. The number of quaternary nitrogens is 1. The summed E-state index contributed by atoms with van der Waals surface area (Å²) in [6, 6.07) is 0. The number of rotatable bonds is 32. The number of unbranched alkanes of at least 4 members (excludes halogenated alkanes) is 24. The van der Waals surface area contributed by atoms with Gasteiger partial charge in [-0.25, -0.2) is 0 Å². The fourth-order valence-electron chi connectivity index (χ4n) is 6.29. The molecular formula is C36H76IN. The zero-order valence-electron chi connectivity index (χ0n) is 27.5. The lowest BCUT2D eigenvalue weighted by molar-refractivity contribution is -0.929. The van der Waals surface area contributed by atoms with E-state index >= 15 is 0 Å². The van der Waals surface area contributed by atoms with Crippen molar-refractivity contribution in [3.8, 4) is 0 Å². The van der Waals surface area contributed by atoms with Crippen LogP contribution >= 0.6 is 0 Å². The van der Waals surface area contributed by atoms with Crippen LogP contribution in [0.2, 0.25) is 0 Å². The lowest BCUT2D eigenvalue weighted by Gasteiger charge is -2.40. The van der Waals surface area contributed by atoms with Gasteiger partial charge in [0, 0.05) is 0 Å². The van der Waals surface area contributed by atoms with Crippen LogP contribution in [0.25, 0.3) is 0 Å². The summed E-state index contributed by atoms with van der Waals surface area (Å²) in [4.78, 5) is 0. The maximum atomic E-state index is 2.34. The fourth-order valence-corrected chi connectivity index (χ4v) is 6.29. The Morgan fingerprint density at radius 3 is 0.579 bits per heavy atom. The molecule has 0 saturated heterocycles. The average Bonchev–Trinajstić information content (AvgIpc) is 2.91. The van der Waals surface area contributed by atoms with Gasteiger partial charge in [-0.1, -0.05) is 156 Å². The quantitative estimate of drug-likeness (QED) is 0.0387. The van der Waals surface area contributed by atoms with Crippen molar-refractivity contribution in [1.29, 1.82) is 0 Å². The first kappa shape index (κ1) is 40.8. The summed E-state index contributed by atoms with van der Waals surface area (Å²) in [5.74, 6) is 0. The Hall–Kier alpha value is 0.690. The third kappa shape index (κ3) is 28.2. The van der Waals surface area contributed by atoms with Crippen LogP contribution in [-0.2, 0) is 0 Å². The SMILES string of the molecule is CCCCCCCCC[N+](CCCCCCCCC)(CCCCCCCCC)CCCCCCCCC.[I-]. The van der Waals surface area contributed by atoms with E-state index in [2.05, 4.69) is 27.7 Å². The van der Waals surface area contributed by atoms with Crippen LogP contribution in [-0.4, -0.2) is 30.7 Å². The maximum absolute atomic E-state index is 2.34. The van der Waals surface area contributed by atoms with Crippen LogP contribution < -0.4 is 24.0 Å². The van der Waals surface area contributed by atoms with E-state index < -0.39 is 0 Å². The van der Waals surface area contributed by atoms with Gasteiger partial charge in [-0.15, -0.1) is 0 Å². The standard InChI is InChI=1S/C36H76N.HI/c1-5-9-13-17-21-25-29-33-37(34-30-26-22-18-14-10-6-2,35-31-27-23-19-15-11-7-3)36-32-28-24-20-16-12-8-4;/h5-36H2,1-4H3;1H/q+1;/p-1. The molecule has 0 aromatic heterocycles. The smallest absolute Gasteiger partial charge is 0.0786 e. The number of hydrogen-bond donors (Lipinski definition) is 0. The van der Waals surface area contributed by atoms with E-state index in [0.717, 1.165) is 0 Å². The van der Waals surface area contributed by atoms with Gasteiger partial charge in [-0.3, -0.25) is 0 Å². The molecule has 0 heterocycles. The molecule has 0 saturated carbocycles. The van der Waals surface area contributed by atoms with E-state index in [9.17, 15) is 0 Å². The number of halogens is 1. The van der Waals surface area contributed by atoms with Crippen molar-refractivity contribution in [2.75, 3.05) is 26.2 Å². The second kappa shape index (κ2) is 33.9. The summed E-state index contributed by atoms with van der Waals surface area (Å²) >= 11 is 0. The predicted molar refractivity (Wildman–Crippen MR) is 172 cm³/mol. The molecule has 0 radical (unpaired) electrons. The molecular weight excluding hydrogens is 573 g/mol. The molecule has 0 spiro atoms. The second-order valence-electron chi connectivity index (χ2n) is 12.7. The van der Waals surface area contributed by atoms with Crippen LogP contribution in [0.3, 0.4) is 0 Å². The molecule has 0 unspecified atom stereocenters. The van der Waals surface area contributed by atoms with Crippen molar-refractivity contribution in [1.82, 2.24) is 0 Å². The maximum Gasteiger partial charge on any atom is 0.0786 e. The van der Waals surface area contributed by atoms with Gasteiger partial charge in [-0.2, -0.15) is 0 Å². The topological polar surface area (TPSA) is 0 Å². The van der Waals surface area contributed by atoms with Crippen molar-refractivity contribution < 1.29 is 28.5 Å². The van der Waals surface area contributed by atoms with E-state index in [1.165, 1.54) is 210 Å². The molecule has 0 rings (SSSR count). The Morgan fingerprint density at radius 2 is 0.395 bits per heavy atom. The fraction of sp³-hybridized carbons (Fsp3) is 1.00. The van der Waals surface area contributed by atoms with Crippen molar-refractivity contribution in [2.45, 2.75) is 207 Å². The first-order chi connectivity index (χ1) is 18.2. The highest BCUT2D eigenvalue weighted by atomic mass is 127. The molecule has 0 fully saturated rings. The molecule has 0 amide bonds. The second-order valence-corrected chi connectivity index (χ2v) is 12.7. The van der Waals surface area contributed by atoms with Gasteiger partial charge in [0.25, 0.3) is 0 Å². The van der Waals surface area contributed by atoms with Crippen molar-refractivity contribution in [2.24, 2.45) is 0 Å². The number of hydrogen-bond acceptors (Lipinski definition) is 0. The minimum Gasteiger partial charge on any atom is -1.00 e. The van der Waals surface area contributed by atoms with Crippen LogP contribution in [0.15, 0.2) is 0 Å². The lowest BCUT2D eigenvalue weighted by Crippen LogP contribution is -3.00. The first-order valence-electron chi connectivity index (χ1n) is 18.1. The number of nitrogens with zero attached hydrogens (tertiary/aromatic N) is 1. The highest BCUT2D eigenvalue weighted by Crippen LogP contribution is 2.21. The van der Waals surface area contributed by atoms with E-state index in [1.54, 1.807) is 0 Å². The molecule has 0 aromatic rings. The van der Waals surface area contributed by atoms with E-state index in [1.807, 2.05) is 0 Å². The molecule has 0 aromatic carbocycles. The van der Waals surface area contributed by atoms with Crippen LogP contribution in [0.4, 0.5) is 0 Å². The highest BCUT2D eigenvalue weighted by molar-refractivity contribution is 4.55. The van der Waals surface area contributed by atoms with Gasteiger partial charge >= 0.3 is 0 Å². The van der Waals surface area contributed by atoms with E-state index in [0.29, 0.717) is 0 Å². The van der Waals surface area contributed by atoms with Crippen molar-refractivity contribution in [3.63, 3.8) is 0 Å². The van der Waals surface area contributed by atoms with Gasteiger partial charge < -0.3 is 28.5 Å². The van der Waals surface area contributed by atoms with Crippen LogP contribution in [0.5, 0.6) is 0 Å². The summed E-state index contributed by atoms with van der Waals surface area (Å²) in [7, 11) is 0. The predicted octanol–water partition coefficient (Wildman–Crippen LogP) is 9.81. The van der Waals surface area contributed by atoms with Gasteiger partial charge in [0.15, 0.2) is 0 Å². The molecule has 0 N–H and O–H groups in total. The third-order valence-corrected chi connectivity index (χ3v) is 8.94. The van der Waals surface area contributed by atoms with Gasteiger partial charge in [-0.05, 0) is 51.4 Å². The average molecular weight is 650 g/mol. The summed E-state index contributed by atoms with van der Waals surface area (Å²) in [5.41, 5.74) is 0. The minimum absolute atomic E-state index is 0. The summed E-state index contributed by atoms with van der Waals surface area (Å²) in [6.45, 7) is 15.3. The molecule has 0 aliphatic heterocycles. The van der Waals surface area contributed by atoms with E-state index in [-0.39, 0.29) is 24.0 Å². The summed E-state index contributed by atoms with van der Waals surface area (Å²) in [6.07, 6.45) is 40.7. The van der Waals surface area contributed by atoms with Crippen LogP contribution in [0, 0.1) is 0 Å². The monoisotopic (exact) mass is 650 g/mol. The Kier molecular flexibility index (Phi) is 36.4. The van der Waals surface area contributed by atoms with Gasteiger partial charge in [0.05, 0.1) is 26.2 Å². The summed E-state index contributed by atoms with van der Waals surface area (Å²) < 4.78 is 1.48. The molecule has 232 valence electrons. The normalized spacial score (nSPS) is 11.7. The highest BCUT2D eigenvalue weighted by Gasteiger charge is 2.25. The molecule has 0 atom stereocenters. The molecule has 1 nitrogen and oxygen atoms in total. The molecule has 2 heteroatoms. The van der Waals surface area contributed by atoms with Crippen LogP contribution in [0.1, 0.15) is 207 Å². The first-order valence-corrected chi connectivity index (χ1v) is 18.1. The Balaban J connectivity index is 0. The largest absolute Gasteiger partial charge is 1.00 e. The van der Waals surface area contributed by atoms with E-state index in [4.69, 9.17) is 0 Å². The molecule has 0 aliphatic carbocycles. The Labute approximate surface area is 261 Å². The Morgan fingerprint density at radius 1 is 0.237 bits per heavy atom. The van der Waals surface area contributed by atoms with Crippen molar-refractivity contribution >= 4 is 0 Å². The molecule has 0 aliphatic rings. The lowest BCUT2D eigenvalue weighted by atomic mass is 10.0. The van der Waals surface area contributed by atoms with Gasteiger partial charge in [0.2, 0.25) is 0 Å². The third-order valence-electron chi connectivity index (χ3n) is 8.94. The van der Waals surface area contributed by atoms with Crippen molar-refractivity contribution in [3.05, 3.63) is 0 Å². The molecule has 0 bridgehead atoms. The minimum atomic E-state index is 0.